The fourth-order valence-electron chi connectivity index (χ4n) is 3.92. The van der Waals surface area contributed by atoms with Crippen LogP contribution in [-0.2, 0) is 10.0 Å². The largest absolute Gasteiger partial charge is 0.417 e. The molecule has 4 aromatic rings. The molecule has 10 nitrogen and oxygen atoms in total. The summed E-state index contributed by atoms with van der Waals surface area (Å²) in [6.45, 7) is 2.73. The van der Waals surface area contributed by atoms with E-state index in [-0.39, 0.29) is 22.9 Å². The lowest BCUT2D eigenvalue weighted by atomic mass is 10.1. The molecule has 0 spiro atoms. The molecule has 1 fully saturated rings. The topological polar surface area (TPSA) is 135 Å². The SMILES string of the molecule is CC(C)(CO)NS(=O)(=O)c1cccc(NC(=O)Oc2cnn3c(C4CC4)cc(-c4ccc(Cl)cc4)nc23)c1. The number of ether oxygens (including phenoxy) is 1. The molecule has 38 heavy (non-hydrogen) atoms. The predicted octanol–water partition coefficient (Wildman–Crippen LogP) is 4.59. The third-order valence-electron chi connectivity index (χ3n) is 6.00. The Morgan fingerprint density at radius 1 is 1.18 bits per heavy atom. The summed E-state index contributed by atoms with van der Waals surface area (Å²) in [6, 6.07) is 15.0. The summed E-state index contributed by atoms with van der Waals surface area (Å²) in [7, 11) is -3.94. The number of nitrogens with one attached hydrogen (secondary N) is 2. The van der Waals surface area contributed by atoms with Crippen molar-refractivity contribution in [1.29, 1.82) is 0 Å². The number of rotatable bonds is 8. The molecule has 198 valence electrons. The Morgan fingerprint density at radius 2 is 1.92 bits per heavy atom. The molecule has 2 aromatic carbocycles. The minimum absolute atomic E-state index is 0.0730. The van der Waals surface area contributed by atoms with Crippen LogP contribution >= 0.6 is 11.6 Å². The van der Waals surface area contributed by atoms with Gasteiger partial charge in [0.2, 0.25) is 10.0 Å². The van der Waals surface area contributed by atoms with Crippen LogP contribution in [0.2, 0.25) is 5.02 Å². The average Bonchev–Trinajstić information content (AvgIpc) is 3.65. The molecule has 0 bridgehead atoms. The molecule has 0 saturated heterocycles. The van der Waals surface area contributed by atoms with Gasteiger partial charge in [0.15, 0.2) is 11.4 Å². The van der Waals surface area contributed by atoms with E-state index in [1.165, 1.54) is 30.5 Å². The lowest BCUT2D eigenvalue weighted by molar-refractivity contribution is 0.208. The van der Waals surface area contributed by atoms with Gasteiger partial charge in [-0.1, -0.05) is 29.8 Å². The van der Waals surface area contributed by atoms with Gasteiger partial charge < -0.3 is 9.84 Å². The van der Waals surface area contributed by atoms with E-state index in [9.17, 15) is 18.3 Å². The van der Waals surface area contributed by atoms with Crippen molar-refractivity contribution >= 4 is 39.1 Å². The van der Waals surface area contributed by atoms with Gasteiger partial charge >= 0.3 is 6.09 Å². The smallest absolute Gasteiger partial charge is 0.404 e. The van der Waals surface area contributed by atoms with Crippen molar-refractivity contribution in [2.24, 2.45) is 0 Å². The lowest BCUT2D eigenvalue weighted by Gasteiger charge is -2.23. The molecule has 2 aromatic heterocycles. The zero-order chi connectivity index (χ0) is 27.1. The highest BCUT2D eigenvalue weighted by molar-refractivity contribution is 7.89. The van der Waals surface area contributed by atoms with Gasteiger partial charge in [-0.3, -0.25) is 5.32 Å². The second-order valence-electron chi connectivity index (χ2n) is 9.78. The number of halogens is 1. The Morgan fingerprint density at radius 3 is 2.61 bits per heavy atom. The van der Waals surface area contributed by atoms with E-state index in [2.05, 4.69) is 15.1 Å². The second-order valence-corrected chi connectivity index (χ2v) is 11.9. The number of aromatic nitrogens is 3. The molecule has 0 radical (unpaired) electrons. The molecule has 1 amide bonds. The summed E-state index contributed by atoms with van der Waals surface area (Å²) < 4.78 is 35.1. The number of aliphatic hydroxyl groups excluding tert-OH is 1. The van der Waals surface area contributed by atoms with Crippen LogP contribution in [-0.4, -0.2) is 46.4 Å². The fourth-order valence-corrected chi connectivity index (χ4v) is 5.49. The summed E-state index contributed by atoms with van der Waals surface area (Å²) in [5, 5.41) is 17.0. The third-order valence-corrected chi connectivity index (χ3v) is 7.95. The van der Waals surface area contributed by atoms with Crippen molar-refractivity contribution in [2.75, 3.05) is 11.9 Å². The van der Waals surface area contributed by atoms with Gasteiger partial charge in [0, 0.05) is 27.9 Å². The lowest BCUT2D eigenvalue weighted by Crippen LogP contribution is -2.46. The molecule has 12 heteroatoms. The minimum atomic E-state index is -3.94. The Bertz CT molecular complexity index is 1620. The normalized spacial score (nSPS) is 14.0. The van der Waals surface area contributed by atoms with Crippen molar-refractivity contribution in [3.8, 4) is 17.0 Å². The van der Waals surface area contributed by atoms with Crippen molar-refractivity contribution in [1.82, 2.24) is 19.3 Å². The van der Waals surface area contributed by atoms with Gasteiger partial charge in [0.05, 0.1) is 28.9 Å². The summed E-state index contributed by atoms with van der Waals surface area (Å²) in [5.74, 6) is 0.512. The van der Waals surface area contributed by atoms with Gasteiger partial charge in [0.25, 0.3) is 0 Å². The molecule has 2 heterocycles. The van der Waals surface area contributed by atoms with Crippen LogP contribution in [0.3, 0.4) is 0 Å². The summed E-state index contributed by atoms with van der Waals surface area (Å²) in [6.07, 6.45) is 2.68. The van der Waals surface area contributed by atoms with Gasteiger partial charge in [0.1, 0.15) is 0 Å². The Balaban J connectivity index is 1.39. The number of fused-ring (bicyclic) bond motifs is 1. The van der Waals surface area contributed by atoms with Crippen LogP contribution in [0.4, 0.5) is 10.5 Å². The van der Waals surface area contributed by atoms with Crippen LogP contribution in [0.1, 0.15) is 38.3 Å². The number of hydrogen-bond acceptors (Lipinski definition) is 7. The Labute approximate surface area is 224 Å². The van der Waals surface area contributed by atoms with E-state index in [1.54, 1.807) is 30.5 Å². The van der Waals surface area contributed by atoms with Gasteiger partial charge in [-0.25, -0.2) is 27.4 Å². The van der Waals surface area contributed by atoms with Crippen molar-refractivity contribution in [3.63, 3.8) is 0 Å². The number of nitrogens with zero attached hydrogens (tertiary/aromatic N) is 3. The zero-order valence-electron chi connectivity index (χ0n) is 20.7. The minimum Gasteiger partial charge on any atom is -0.404 e. The number of amides is 1. The maximum Gasteiger partial charge on any atom is 0.417 e. The Kier molecular flexibility index (Phi) is 6.86. The van der Waals surface area contributed by atoms with E-state index in [1.807, 2.05) is 18.2 Å². The van der Waals surface area contributed by atoms with Crippen LogP contribution in [0.25, 0.3) is 16.9 Å². The van der Waals surface area contributed by atoms with E-state index >= 15 is 0 Å². The first-order chi connectivity index (χ1) is 18.0. The molecule has 0 aliphatic heterocycles. The number of aliphatic hydroxyl groups is 1. The molecule has 3 N–H and O–H groups in total. The highest BCUT2D eigenvalue weighted by atomic mass is 35.5. The van der Waals surface area contributed by atoms with Crippen LogP contribution in [0.5, 0.6) is 5.75 Å². The first-order valence-corrected chi connectivity index (χ1v) is 13.8. The van der Waals surface area contributed by atoms with Crippen LogP contribution < -0.4 is 14.8 Å². The van der Waals surface area contributed by atoms with Crippen molar-refractivity contribution in [2.45, 2.75) is 43.0 Å². The number of benzene rings is 2. The summed E-state index contributed by atoms with van der Waals surface area (Å²) in [5.41, 5.74) is 2.10. The first kappa shape index (κ1) is 26.1. The number of sulfonamides is 1. The van der Waals surface area contributed by atoms with Crippen LogP contribution in [0.15, 0.2) is 65.7 Å². The number of hydrogen-bond donors (Lipinski definition) is 3. The second kappa shape index (κ2) is 9.99. The molecule has 1 saturated carbocycles. The molecule has 5 rings (SSSR count). The molecular formula is C26H26ClN5O5S. The van der Waals surface area contributed by atoms with Gasteiger partial charge in [-0.15, -0.1) is 0 Å². The molecule has 0 atom stereocenters. The molecular weight excluding hydrogens is 530 g/mol. The van der Waals surface area contributed by atoms with Crippen LogP contribution in [0, 0.1) is 0 Å². The molecule has 0 unspecified atom stereocenters. The molecule has 1 aliphatic rings. The third kappa shape index (κ3) is 5.65. The van der Waals surface area contributed by atoms with E-state index in [0.29, 0.717) is 22.3 Å². The first-order valence-electron chi connectivity index (χ1n) is 11.9. The standard InChI is InChI=1S/C26H26ClN5O5S/c1-26(2,15-33)31-38(35,36)20-5-3-4-19(12-20)29-25(34)37-23-14-28-32-22(17-6-7-17)13-21(30-24(23)32)16-8-10-18(27)11-9-16/h3-5,8-14,17,31,33H,6-7,15H2,1-2H3,(H,29,34). The van der Waals surface area contributed by atoms with Crippen molar-refractivity contribution in [3.05, 3.63) is 71.5 Å². The highest BCUT2D eigenvalue weighted by Gasteiger charge is 2.29. The quantitative estimate of drug-likeness (QED) is 0.289. The van der Waals surface area contributed by atoms with E-state index in [0.717, 1.165) is 24.1 Å². The van der Waals surface area contributed by atoms with E-state index in [4.69, 9.17) is 21.3 Å². The monoisotopic (exact) mass is 555 g/mol. The zero-order valence-corrected chi connectivity index (χ0v) is 22.3. The van der Waals surface area contributed by atoms with Gasteiger partial charge in [-0.05, 0) is 63.1 Å². The number of carbonyl (C=O) groups is 1. The predicted molar refractivity (Wildman–Crippen MR) is 143 cm³/mol. The summed E-state index contributed by atoms with van der Waals surface area (Å²) >= 11 is 6.04. The Hall–Kier alpha value is -3.51. The van der Waals surface area contributed by atoms with Gasteiger partial charge in [-0.2, -0.15) is 5.10 Å². The highest BCUT2D eigenvalue weighted by Crippen LogP contribution is 2.41. The average molecular weight is 556 g/mol. The molecule has 1 aliphatic carbocycles. The summed E-state index contributed by atoms with van der Waals surface area (Å²) in [4.78, 5) is 17.4. The number of anilines is 1. The number of carbonyl (C=O) groups excluding carboxylic acids is 1. The fraction of sp³-hybridized carbons (Fsp3) is 0.269. The maximum absolute atomic E-state index is 12.8. The maximum atomic E-state index is 12.8. The van der Waals surface area contributed by atoms with E-state index < -0.39 is 21.7 Å². The van der Waals surface area contributed by atoms with Crippen molar-refractivity contribution < 1.29 is 23.1 Å².